The van der Waals surface area contributed by atoms with Gasteiger partial charge in [-0.3, -0.25) is 0 Å². The molecule has 0 aromatic carbocycles. The number of aromatic nitrogens is 3. The summed E-state index contributed by atoms with van der Waals surface area (Å²) in [5.74, 6) is 2.50. The molecular formula is C15H30N4. The van der Waals surface area contributed by atoms with Crippen molar-refractivity contribution in [3.8, 4) is 0 Å². The second-order valence-electron chi connectivity index (χ2n) is 6.12. The molecule has 0 saturated carbocycles. The number of nitrogens with zero attached hydrogens (tertiary/aromatic N) is 3. The lowest BCUT2D eigenvalue weighted by atomic mass is 9.93. The Morgan fingerprint density at radius 1 is 1.26 bits per heavy atom. The zero-order valence-corrected chi connectivity index (χ0v) is 13.2. The van der Waals surface area contributed by atoms with Gasteiger partial charge >= 0.3 is 0 Å². The lowest BCUT2D eigenvalue weighted by molar-refractivity contribution is 0.368. The summed E-state index contributed by atoms with van der Waals surface area (Å²) < 4.78 is 2.05. The monoisotopic (exact) mass is 266 g/mol. The molecule has 4 nitrogen and oxygen atoms in total. The minimum Gasteiger partial charge on any atom is -0.316 e. The van der Waals surface area contributed by atoms with Crippen molar-refractivity contribution in [1.29, 1.82) is 0 Å². The van der Waals surface area contributed by atoms with Crippen molar-refractivity contribution in [3.05, 3.63) is 12.2 Å². The number of hydrogen-bond donors (Lipinski definition) is 1. The summed E-state index contributed by atoms with van der Waals surface area (Å²) in [4.78, 5) is 4.44. The van der Waals surface area contributed by atoms with Gasteiger partial charge in [0.15, 0.2) is 0 Å². The molecule has 1 rings (SSSR count). The Labute approximate surface area is 118 Å². The lowest BCUT2D eigenvalue weighted by Gasteiger charge is -2.20. The first-order valence-corrected chi connectivity index (χ1v) is 7.63. The Bertz CT molecular complexity index is 344. The van der Waals surface area contributed by atoms with Crippen molar-refractivity contribution < 1.29 is 0 Å². The topological polar surface area (TPSA) is 42.7 Å². The molecule has 1 N–H and O–H groups in total. The van der Waals surface area contributed by atoms with Crippen molar-refractivity contribution in [3.63, 3.8) is 0 Å². The van der Waals surface area contributed by atoms with E-state index in [1.54, 1.807) is 6.33 Å². The Morgan fingerprint density at radius 2 is 2.00 bits per heavy atom. The molecule has 0 radical (unpaired) electrons. The zero-order valence-electron chi connectivity index (χ0n) is 13.2. The number of rotatable bonds is 9. The molecule has 0 amide bonds. The molecule has 0 aliphatic rings. The summed E-state index contributed by atoms with van der Waals surface area (Å²) >= 11 is 0. The molecule has 110 valence electrons. The highest BCUT2D eigenvalue weighted by atomic mass is 15.3. The van der Waals surface area contributed by atoms with Gasteiger partial charge in [0, 0.05) is 12.5 Å². The molecule has 0 bridgehead atoms. The van der Waals surface area contributed by atoms with Crippen LogP contribution in [0, 0.1) is 11.8 Å². The molecule has 0 aliphatic carbocycles. The highest BCUT2D eigenvalue weighted by Gasteiger charge is 2.16. The minimum absolute atomic E-state index is 0.390. The summed E-state index contributed by atoms with van der Waals surface area (Å²) in [5.41, 5.74) is 0. The first-order valence-electron chi connectivity index (χ1n) is 7.63. The molecule has 0 saturated heterocycles. The van der Waals surface area contributed by atoms with Crippen LogP contribution >= 0.6 is 0 Å². The molecule has 1 atom stereocenters. The van der Waals surface area contributed by atoms with Crippen LogP contribution in [-0.2, 0) is 6.42 Å². The second-order valence-corrected chi connectivity index (χ2v) is 6.12. The fourth-order valence-corrected chi connectivity index (χ4v) is 2.50. The van der Waals surface area contributed by atoms with Gasteiger partial charge in [-0.25, -0.2) is 9.67 Å². The molecule has 0 aliphatic heterocycles. The van der Waals surface area contributed by atoms with Gasteiger partial charge in [0.1, 0.15) is 12.2 Å². The maximum absolute atomic E-state index is 4.44. The first-order chi connectivity index (χ1) is 9.04. The summed E-state index contributed by atoms with van der Waals surface area (Å²) in [6, 6.07) is 0.390. The average molecular weight is 266 g/mol. The molecule has 1 aromatic rings. The zero-order chi connectivity index (χ0) is 14.3. The minimum atomic E-state index is 0.390. The van der Waals surface area contributed by atoms with Crippen LogP contribution in [-0.4, -0.2) is 27.9 Å². The molecule has 1 unspecified atom stereocenters. The third kappa shape index (κ3) is 5.72. The van der Waals surface area contributed by atoms with Crippen LogP contribution in [0.3, 0.4) is 0 Å². The SMILES string of the molecule is CCCNCC(Cc1ncnn1C(C)C)CC(C)C. The van der Waals surface area contributed by atoms with Crippen LogP contribution in [0.25, 0.3) is 0 Å². The molecular weight excluding hydrogens is 236 g/mol. The summed E-state index contributed by atoms with van der Waals surface area (Å²) in [5, 5.41) is 7.87. The van der Waals surface area contributed by atoms with Crippen LogP contribution in [0.15, 0.2) is 6.33 Å². The van der Waals surface area contributed by atoms with Gasteiger partial charge in [-0.2, -0.15) is 5.10 Å². The van der Waals surface area contributed by atoms with Gasteiger partial charge in [0.2, 0.25) is 0 Å². The van der Waals surface area contributed by atoms with Gasteiger partial charge in [-0.05, 0) is 51.6 Å². The smallest absolute Gasteiger partial charge is 0.138 e. The normalized spacial score (nSPS) is 13.4. The van der Waals surface area contributed by atoms with E-state index in [9.17, 15) is 0 Å². The first kappa shape index (κ1) is 16.2. The van der Waals surface area contributed by atoms with Crippen molar-refractivity contribution in [2.24, 2.45) is 11.8 Å². The Balaban J connectivity index is 2.61. The summed E-state index contributed by atoms with van der Waals surface area (Å²) in [7, 11) is 0. The maximum atomic E-state index is 4.44. The molecule has 19 heavy (non-hydrogen) atoms. The standard InChI is InChI=1S/C15H30N4/c1-6-7-16-10-14(8-12(2)3)9-15-17-11-18-19(15)13(4)5/h11-14,16H,6-10H2,1-5H3. The third-order valence-corrected chi connectivity index (χ3v) is 3.27. The van der Waals surface area contributed by atoms with E-state index in [1.807, 2.05) is 4.68 Å². The van der Waals surface area contributed by atoms with Gasteiger partial charge < -0.3 is 5.32 Å². The van der Waals surface area contributed by atoms with Gasteiger partial charge in [0.05, 0.1) is 0 Å². The maximum Gasteiger partial charge on any atom is 0.138 e. The van der Waals surface area contributed by atoms with Crippen LogP contribution in [0.1, 0.15) is 59.3 Å². The van der Waals surface area contributed by atoms with E-state index in [2.05, 4.69) is 50.0 Å². The molecule has 0 spiro atoms. The Hall–Kier alpha value is -0.900. The fourth-order valence-electron chi connectivity index (χ4n) is 2.50. The highest BCUT2D eigenvalue weighted by molar-refractivity contribution is 4.89. The largest absolute Gasteiger partial charge is 0.316 e. The molecule has 0 fully saturated rings. The van der Waals surface area contributed by atoms with Crippen LogP contribution in [0.2, 0.25) is 0 Å². The predicted molar refractivity (Wildman–Crippen MR) is 80.2 cm³/mol. The van der Waals surface area contributed by atoms with Gasteiger partial charge in [0.25, 0.3) is 0 Å². The van der Waals surface area contributed by atoms with E-state index in [-0.39, 0.29) is 0 Å². The Morgan fingerprint density at radius 3 is 2.58 bits per heavy atom. The fraction of sp³-hybridized carbons (Fsp3) is 0.867. The van der Waals surface area contributed by atoms with E-state index in [1.165, 1.54) is 12.8 Å². The van der Waals surface area contributed by atoms with Gasteiger partial charge in [-0.1, -0.05) is 20.8 Å². The van der Waals surface area contributed by atoms with Crippen molar-refractivity contribution in [2.45, 2.75) is 59.9 Å². The van der Waals surface area contributed by atoms with E-state index >= 15 is 0 Å². The van der Waals surface area contributed by atoms with E-state index in [0.717, 1.165) is 31.3 Å². The quantitative estimate of drug-likeness (QED) is 0.699. The van der Waals surface area contributed by atoms with Crippen molar-refractivity contribution in [1.82, 2.24) is 20.1 Å². The van der Waals surface area contributed by atoms with E-state index in [0.29, 0.717) is 12.0 Å². The third-order valence-electron chi connectivity index (χ3n) is 3.27. The highest BCUT2D eigenvalue weighted by Crippen LogP contribution is 2.17. The number of nitrogens with one attached hydrogen (secondary N) is 1. The van der Waals surface area contributed by atoms with E-state index in [4.69, 9.17) is 0 Å². The Kier molecular flexibility index (Phi) is 7.06. The average Bonchev–Trinajstić information content (AvgIpc) is 2.76. The van der Waals surface area contributed by atoms with Crippen molar-refractivity contribution in [2.75, 3.05) is 13.1 Å². The summed E-state index contributed by atoms with van der Waals surface area (Å²) in [6.45, 7) is 13.3. The summed E-state index contributed by atoms with van der Waals surface area (Å²) in [6.07, 6.45) is 5.13. The van der Waals surface area contributed by atoms with Crippen LogP contribution < -0.4 is 5.32 Å². The lowest BCUT2D eigenvalue weighted by Crippen LogP contribution is -2.27. The van der Waals surface area contributed by atoms with Gasteiger partial charge in [-0.15, -0.1) is 0 Å². The van der Waals surface area contributed by atoms with Crippen LogP contribution in [0.4, 0.5) is 0 Å². The number of hydrogen-bond acceptors (Lipinski definition) is 3. The van der Waals surface area contributed by atoms with E-state index < -0.39 is 0 Å². The molecule has 1 aromatic heterocycles. The van der Waals surface area contributed by atoms with Crippen molar-refractivity contribution >= 4 is 0 Å². The predicted octanol–water partition coefficient (Wildman–Crippen LogP) is 3.06. The van der Waals surface area contributed by atoms with Crippen LogP contribution in [0.5, 0.6) is 0 Å². The molecule has 1 heterocycles. The second kappa shape index (κ2) is 8.31. The molecule has 4 heteroatoms.